The van der Waals surface area contributed by atoms with Crippen LogP contribution in [0.25, 0.3) is 9.40 Å². The normalized spacial score (nSPS) is 14.8. The van der Waals surface area contributed by atoms with Crippen LogP contribution < -0.4 is 5.32 Å². The predicted octanol–water partition coefficient (Wildman–Crippen LogP) is 2.85. The fourth-order valence-corrected chi connectivity index (χ4v) is 3.46. The maximum Gasteiger partial charge on any atom is 0.261 e. The monoisotopic (exact) mass is 269 g/mol. The molecule has 1 amide bonds. The lowest BCUT2D eigenvalue weighted by Crippen LogP contribution is -2.48. The van der Waals surface area contributed by atoms with E-state index in [1.54, 1.807) is 11.3 Å². The first-order valence-corrected chi connectivity index (χ1v) is 7.18. The summed E-state index contributed by atoms with van der Waals surface area (Å²) in [5, 5.41) is 14.2. The topological polar surface area (TPSA) is 49.3 Å². The van der Waals surface area contributed by atoms with Gasteiger partial charge in [-0.3, -0.25) is 4.79 Å². The van der Waals surface area contributed by atoms with Crippen molar-refractivity contribution >= 4 is 38.0 Å². The fraction of sp³-hybridized carbons (Fsp3) is 0.417. The van der Waals surface area contributed by atoms with Gasteiger partial charge in [-0.15, -0.1) is 22.7 Å². The third-order valence-corrected chi connectivity index (χ3v) is 5.00. The van der Waals surface area contributed by atoms with E-state index in [-0.39, 0.29) is 12.5 Å². The van der Waals surface area contributed by atoms with Crippen LogP contribution in [0.1, 0.15) is 29.9 Å². The molecule has 3 nitrogen and oxygen atoms in total. The van der Waals surface area contributed by atoms with E-state index < -0.39 is 5.54 Å². The quantitative estimate of drug-likeness (QED) is 0.896. The van der Waals surface area contributed by atoms with Gasteiger partial charge in [-0.25, -0.2) is 0 Å². The molecule has 0 spiro atoms. The number of carbonyl (C=O) groups is 1. The van der Waals surface area contributed by atoms with Crippen LogP contribution in [0.3, 0.4) is 0 Å². The summed E-state index contributed by atoms with van der Waals surface area (Å²) in [4.78, 5) is 12.7. The molecule has 92 valence electrons. The summed E-state index contributed by atoms with van der Waals surface area (Å²) in [6.07, 6.45) is 0.703. The summed E-state index contributed by atoms with van der Waals surface area (Å²) in [6.45, 7) is 3.75. The first-order valence-electron chi connectivity index (χ1n) is 5.48. The zero-order chi connectivity index (χ0) is 12.5. The highest BCUT2D eigenvalue weighted by atomic mass is 32.1. The SMILES string of the molecule is CCC(C)(CO)NC(=O)c1cc2sccc2s1. The summed E-state index contributed by atoms with van der Waals surface area (Å²) >= 11 is 3.13. The molecule has 0 aliphatic rings. The Balaban J connectivity index is 2.18. The van der Waals surface area contributed by atoms with Gasteiger partial charge in [0.15, 0.2) is 0 Å². The van der Waals surface area contributed by atoms with Gasteiger partial charge in [0.05, 0.1) is 17.0 Å². The molecule has 2 N–H and O–H groups in total. The second kappa shape index (κ2) is 4.76. The number of amides is 1. The molecule has 17 heavy (non-hydrogen) atoms. The van der Waals surface area contributed by atoms with E-state index in [9.17, 15) is 9.90 Å². The molecular formula is C12H15NO2S2. The maximum atomic E-state index is 12.0. The molecule has 0 aromatic carbocycles. The number of aliphatic hydroxyl groups excluding tert-OH is 1. The van der Waals surface area contributed by atoms with E-state index in [2.05, 4.69) is 5.32 Å². The Morgan fingerprint density at radius 3 is 2.88 bits per heavy atom. The van der Waals surface area contributed by atoms with E-state index in [0.29, 0.717) is 11.3 Å². The second-order valence-electron chi connectivity index (χ2n) is 4.29. The van der Waals surface area contributed by atoms with Crippen LogP contribution in [-0.4, -0.2) is 23.2 Å². The first-order chi connectivity index (χ1) is 8.08. The molecule has 2 aromatic rings. The van der Waals surface area contributed by atoms with Gasteiger partial charge in [0.1, 0.15) is 0 Å². The fourth-order valence-electron chi connectivity index (χ4n) is 1.45. The van der Waals surface area contributed by atoms with Crippen LogP contribution in [0.15, 0.2) is 17.5 Å². The predicted molar refractivity (Wildman–Crippen MR) is 73.0 cm³/mol. The van der Waals surface area contributed by atoms with E-state index in [0.717, 1.165) is 9.40 Å². The molecule has 1 atom stereocenters. The molecule has 2 rings (SSSR count). The minimum atomic E-state index is -0.533. The summed E-state index contributed by atoms with van der Waals surface area (Å²) in [7, 11) is 0. The zero-order valence-corrected chi connectivity index (χ0v) is 11.5. The van der Waals surface area contributed by atoms with Crippen molar-refractivity contribution in [3.8, 4) is 0 Å². The third kappa shape index (κ3) is 2.51. The lowest BCUT2D eigenvalue weighted by atomic mass is 10.0. The second-order valence-corrected chi connectivity index (χ2v) is 6.32. The molecule has 2 heterocycles. The highest BCUT2D eigenvalue weighted by molar-refractivity contribution is 7.27. The average molecular weight is 269 g/mol. The van der Waals surface area contributed by atoms with Crippen LogP contribution in [0.2, 0.25) is 0 Å². The van der Waals surface area contributed by atoms with Crippen molar-refractivity contribution in [2.24, 2.45) is 0 Å². The Hall–Kier alpha value is -0.910. The number of hydrogen-bond donors (Lipinski definition) is 2. The lowest BCUT2D eigenvalue weighted by molar-refractivity contribution is 0.0851. The molecule has 0 radical (unpaired) electrons. The number of fused-ring (bicyclic) bond motifs is 1. The molecule has 0 aliphatic carbocycles. The molecule has 0 bridgehead atoms. The molecule has 2 aromatic heterocycles. The minimum absolute atomic E-state index is 0.0466. The number of hydrogen-bond acceptors (Lipinski definition) is 4. The number of thiophene rings is 2. The molecule has 0 aliphatic heterocycles. The maximum absolute atomic E-state index is 12.0. The van der Waals surface area contributed by atoms with Gasteiger partial charge in [-0.05, 0) is 30.9 Å². The lowest BCUT2D eigenvalue weighted by Gasteiger charge is -2.26. The molecule has 0 fully saturated rings. The van der Waals surface area contributed by atoms with Crippen LogP contribution >= 0.6 is 22.7 Å². The smallest absolute Gasteiger partial charge is 0.261 e. The Kier molecular flexibility index (Phi) is 3.51. The van der Waals surface area contributed by atoms with Crippen LogP contribution in [-0.2, 0) is 0 Å². The Morgan fingerprint density at radius 1 is 1.53 bits per heavy atom. The van der Waals surface area contributed by atoms with Crippen LogP contribution in [0.5, 0.6) is 0 Å². The van der Waals surface area contributed by atoms with Gasteiger partial charge in [-0.1, -0.05) is 6.92 Å². The van der Waals surface area contributed by atoms with Crippen molar-refractivity contribution in [2.75, 3.05) is 6.61 Å². The largest absolute Gasteiger partial charge is 0.394 e. The van der Waals surface area contributed by atoms with Crippen molar-refractivity contribution < 1.29 is 9.90 Å². The van der Waals surface area contributed by atoms with Crippen LogP contribution in [0.4, 0.5) is 0 Å². The van der Waals surface area contributed by atoms with E-state index >= 15 is 0 Å². The van der Waals surface area contributed by atoms with Gasteiger partial charge in [-0.2, -0.15) is 0 Å². The van der Waals surface area contributed by atoms with Crippen molar-refractivity contribution in [1.82, 2.24) is 5.32 Å². The molecule has 0 saturated carbocycles. The van der Waals surface area contributed by atoms with Crippen molar-refractivity contribution in [3.05, 3.63) is 22.4 Å². The van der Waals surface area contributed by atoms with Gasteiger partial charge < -0.3 is 10.4 Å². The zero-order valence-electron chi connectivity index (χ0n) is 9.82. The van der Waals surface area contributed by atoms with Gasteiger partial charge in [0, 0.05) is 9.40 Å². The third-order valence-electron chi connectivity index (χ3n) is 2.91. The van der Waals surface area contributed by atoms with Gasteiger partial charge in [0.25, 0.3) is 5.91 Å². The van der Waals surface area contributed by atoms with Crippen molar-refractivity contribution in [3.63, 3.8) is 0 Å². The van der Waals surface area contributed by atoms with Crippen LogP contribution in [0, 0.1) is 0 Å². The van der Waals surface area contributed by atoms with Gasteiger partial charge in [0.2, 0.25) is 0 Å². The van der Waals surface area contributed by atoms with E-state index in [4.69, 9.17) is 0 Å². The Morgan fingerprint density at radius 2 is 2.29 bits per heavy atom. The molecule has 0 saturated heterocycles. The number of rotatable bonds is 4. The summed E-state index contributed by atoms with van der Waals surface area (Å²) in [5.41, 5.74) is -0.533. The Labute approximate surface area is 108 Å². The highest BCUT2D eigenvalue weighted by Gasteiger charge is 2.24. The van der Waals surface area contributed by atoms with E-state index in [1.165, 1.54) is 11.3 Å². The highest BCUT2D eigenvalue weighted by Crippen LogP contribution is 2.30. The van der Waals surface area contributed by atoms with E-state index in [1.807, 2.05) is 31.4 Å². The molecular weight excluding hydrogens is 254 g/mol. The summed E-state index contributed by atoms with van der Waals surface area (Å²) in [6, 6.07) is 3.93. The first kappa shape index (κ1) is 12.5. The average Bonchev–Trinajstić information content (AvgIpc) is 2.88. The molecule has 5 heteroatoms. The summed E-state index contributed by atoms with van der Waals surface area (Å²) in [5.74, 6) is -0.100. The summed E-state index contributed by atoms with van der Waals surface area (Å²) < 4.78 is 2.28. The minimum Gasteiger partial charge on any atom is -0.394 e. The van der Waals surface area contributed by atoms with Gasteiger partial charge >= 0.3 is 0 Å². The number of carbonyl (C=O) groups excluding carboxylic acids is 1. The number of nitrogens with one attached hydrogen (secondary N) is 1. The van der Waals surface area contributed by atoms with Crippen molar-refractivity contribution in [2.45, 2.75) is 25.8 Å². The molecule has 1 unspecified atom stereocenters. The standard InChI is InChI=1S/C12H15NO2S2/c1-3-12(2,7-14)13-11(15)10-6-9-8(17-10)4-5-16-9/h4-6,14H,3,7H2,1-2H3,(H,13,15). The Bertz CT molecular complexity index is 497. The number of aliphatic hydroxyl groups is 1. The van der Waals surface area contributed by atoms with Crippen molar-refractivity contribution in [1.29, 1.82) is 0 Å².